The Morgan fingerprint density at radius 3 is 2.38 bits per heavy atom. The van der Waals surface area contributed by atoms with E-state index in [4.69, 9.17) is 4.74 Å². The number of benzene rings is 2. The van der Waals surface area contributed by atoms with Crippen molar-refractivity contribution in [2.75, 3.05) is 31.3 Å². The molecule has 0 saturated carbocycles. The Morgan fingerprint density at radius 2 is 1.76 bits per heavy atom. The molecule has 0 unspecified atom stereocenters. The molecule has 0 heterocycles. The van der Waals surface area contributed by atoms with Gasteiger partial charge in [-0.15, -0.1) is 0 Å². The molecule has 2 N–H and O–H groups in total. The van der Waals surface area contributed by atoms with Gasteiger partial charge in [-0.2, -0.15) is 4.31 Å². The van der Waals surface area contributed by atoms with E-state index in [0.29, 0.717) is 11.4 Å². The summed E-state index contributed by atoms with van der Waals surface area (Å²) in [5.74, 6) is -0.483. The first-order valence-corrected chi connectivity index (χ1v) is 10.4. The molecule has 2 aromatic carbocycles. The Morgan fingerprint density at radius 1 is 1.07 bits per heavy atom. The fraction of sp³-hybridized carbons (Fsp3) is 0.300. The predicted octanol–water partition coefficient (Wildman–Crippen LogP) is 2.48. The molecular formula is C20H25N3O5S. The number of hydrogen-bond acceptors (Lipinski definition) is 5. The molecule has 0 saturated heterocycles. The van der Waals surface area contributed by atoms with Crippen LogP contribution in [0.15, 0.2) is 47.4 Å². The standard InChI is InChI=1S/C20H25N3O5S/c1-5-15-8-6-7-9-17(15)22-20(25)13-23(3)29(26,27)16-10-11-19(28-4)18(12-16)21-14(2)24/h6-12H,5,13H2,1-4H3,(H,21,24)(H,22,25). The average Bonchev–Trinajstić information content (AvgIpc) is 2.67. The quantitative estimate of drug-likeness (QED) is 0.684. The average molecular weight is 420 g/mol. The summed E-state index contributed by atoms with van der Waals surface area (Å²) in [5.41, 5.74) is 1.85. The van der Waals surface area contributed by atoms with Crippen molar-refractivity contribution < 1.29 is 22.7 Å². The van der Waals surface area contributed by atoms with Crippen molar-refractivity contribution >= 4 is 33.2 Å². The summed E-state index contributed by atoms with van der Waals surface area (Å²) in [6.45, 7) is 2.92. The molecule has 9 heteroatoms. The van der Waals surface area contributed by atoms with Gasteiger partial charge in [0.25, 0.3) is 0 Å². The van der Waals surface area contributed by atoms with Gasteiger partial charge in [0, 0.05) is 19.7 Å². The number of nitrogens with zero attached hydrogens (tertiary/aromatic N) is 1. The van der Waals surface area contributed by atoms with E-state index in [0.717, 1.165) is 16.3 Å². The lowest BCUT2D eigenvalue weighted by Gasteiger charge is -2.19. The number of anilines is 2. The van der Waals surface area contributed by atoms with Gasteiger partial charge in [-0.25, -0.2) is 8.42 Å². The van der Waals surface area contributed by atoms with Crippen LogP contribution in [0, 0.1) is 0 Å². The normalized spacial score (nSPS) is 11.2. The number of aryl methyl sites for hydroxylation is 1. The third-order valence-corrected chi connectivity index (χ3v) is 6.03. The summed E-state index contributed by atoms with van der Waals surface area (Å²) in [6, 6.07) is 11.5. The van der Waals surface area contributed by atoms with Crippen molar-refractivity contribution in [2.45, 2.75) is 25.2 Å². The number of para-hydroxylation sites is 1. The van der Waals surface area contributed by atoms with Crippen molar-refractivity contribution in [1.82, 2.24) is 4.31 Å². The number of carbonyl (C=O) groups excluding carboxylic acids is 2. The SMILES string of the molecule is CCc1ccccc1NC(=O)CN(C)S(=O)(=O)c1ccc(OC)c(NC(C)=O)c1. The van der Waals surface area contributed by atoms with Crippen molar-refractivity contribution in [1.29, 1.82) is 0 Å². The first kappa shape index (κ1) is 22.4. The molecule has 2 rings (SSSR count). The number of amides is 2. The Balaban J connectivity index is 2.20. The van der Waals surface area contributed by atoms with Crippen LogP contribution < -0.4 is 15.4 Å². The number of methoxy groups -OCH3 is 1. The second-order valence-electron chi connectivity index (χ2n) is 6.36. The number of likely N-dealkylation sites (N-methyl/N-ethyl adjacent to an activating group) is 1. The van der Waals surface area contributed by atoms with E-state index in [-0.39, 0.29) is 23.0 Å². The van der Waals surface area contributed by atoms with Crippen LogP contribution in [-0.2, 0) is 26.0 Å². The molecule has 0 aliphatic rings. The van der Waals surface area contributed by atoms with E-state index < -0.39 is 15.9 Å². The largest absolute Gasteiger partial charge is 0.495 e. The van der Waals surface area contributed by atoms with Crippen LogP contribution in [0.3, 0.4) is 0 Å². The van der Waals surface area contributed by atoms with Crippen LogP contribution in [-0.4, -0.2) is 45.2 Å². The van der Waals surface area contributed by atoms with Crippen molar-refractivity contribution in [3.8, 4) is 5.75 Å². The molecule has 156 valence electrons. The number of carbonyl (C=O) groups is 2. The minimum absolute atomic E-state index is 0.0636. The third-order valence-electron chi connectivity index (χ3n) is 4.23. The summed E-state index contributed by atoms with van der Waals surface area (Å²) in [5, 5.41) is 5.29. The zero-order chi connectivity index (χ0) is 21.6. The molecule has 0 radical (unpaired) electrons. The monoisotopic (exact) mass is 419 g/mol. The number of nitrogens with one attached hydrogen (secondary N) is 2. The number of sulfonamides is 1. The van der Waals surface area contributed by atoms with Gasteiger partial charge in [0.1, 0.15) is 5.75 Å². The van der Waals surface area contributed by atoms with Crippen molar-refractivity contribution in [3.63, 3.8) is 0 Å². The van der Waals surface area contributed by atoms with Crippen LogP contribution in [0.2, 0.25) is 0 Å². The van der Waals surface area contributed by atoms with Gasteiger partial charge in [0.15, 0.2) is 0 Å². The Kier molecular flexibility index (Phi) is 7.35. The molecule has 0 aliphatic carbocycles. The molecule has 0 aliphatic heterocycles. The topological polar surface area (TPSA) is 105 Å². The van der Waals surface area contributed by atoms with E-state index in [2.05, 4.69) is 10.6 Å². The molecule has 0 fully saturated rings. The first-order valence-electron chi connectivity index (χ1n) is 8.98. The summed E-state index contributed by atoms with van der Waals surface area (Å²) >= 11 is 0. The van der Waals surface area contributed by atoms with Gasteiger partial charge in [-0.05, 0) is 36.2 Å². The first-order chi connectivity index (χ1) is 13.7. The van der Waals surface area contributed by atoms with Gasteiger partial charge in [0.2, 0.25) is 21.8 Å². The Hall–Kier alpha value is -2.91. The predicted molar refractivity (Wildman–Crippen MR) is 112 cm³/mol. The summed E-state index contributed by atoms with van der Waals surface area (Å²) in [7, 11) is -1.22. The maximum absolute atomic E-state index is 12.9. The maximum Gasteiger partial charge on any atom is 0.243 e. The Bertz CT molecular complexity index is 1000. The van der Waals surface area contributed by atoms with Crippen LogP contribution in [0.5, 0.6) is 5.75 Å². The second kappa shape index (κ2) is 9.53. The van der Waals surface area contributed by atoms with E-state index in [1.165, 1.54) is 39.3 Å². The van der Waals surface area contributed by atoms with Crippen LogP contribution in [0.4, 0.5) is 11.4 Å². The van der Waals surface area contributed by atoms with E-state index in [1.54, 1.807) is 12.1 Å². The highest BCUT2D eigenvalue weighted by Gasteiger charge is 2.24. The second-order valence-corrected chi connectivity index (χ2v) is 8.41. The lowest BCUT2D eigenvalue weighted by atomic mass is 10.1. The van der Waals surface area contributed by atoms with Crippen LogP contribution >= 0.6 is 0 Å². The van der Waals surface area contributed by atoms with Crippen LogP contribution in [0.25, 0.3) is 0 Å². The molecule has 0 bridgehead atoms. The molecule has 2 amide bonds. The smallest absolute Gasteiger partial charge is 0.243 e. The van der Waals surface area contributed by atoms with Gasteiger partial charge in [-0.3, -0.25) is 9.59 Å². The lowest BCUT2D eigenvalue weighted by Crippen LogP contribution is -2.35. The lowest BCUT2D eigenvalue weighted by molar-refractivity contribution is -0.116. The van der Waals surface area contributed by atoms with Gasteiger partial charge in [0.05, 0.1) is 24.2 Å². The van der Waals surface area contributed by atoms with E-state index in [9.17, 15) is 18.0 Å². The number of rotatable bonds is 8. The molecule has 0 atom stereocenters. The minimum Gasteiger partial charge on any atom is -0.495 e. The highest BCUT2D eigenvalue weighted by atomic mass is 32.2. The summed E-state index contributed by atoms with van der Waals surface area (Å²) < 4.78 is 31.8. The van der Waals surface area contributed by atoms with Gasteiger partial charge < -0.3 is 15.4 Å². The third kappa shape index (κ3) is 5.55. The molecule has 0 aromatic heterocycles. The zero-order valence-electron chi connectivity index (χ0n) is 16.9. The minimum atomic E-state index is -3.96. The Labute approximate surface area is 170 Å². The van der Waals surface area contributed by atoms with Crippen LogP contribution in [0.1, 0.15) is 19.4 Å². The highest BCUT2D eigenvalue weighted by Crippen LogP contribution is 2.28. The van der Waals surface area contributed by atoms with E-state index >= 15 is 0 Å². The van der Waals surface area contributed by atoms with Crippen molar-refractivity contribution in [3.05, 3.63) is 48.0 Å². The number of ether oxygens (including phenoxy) is 1. The van der Waals surface area contributed by atoms with Gasteiger partial charge in [-0.1, -0.05) is 25.1 Å². The number of hydrogen-bond donors (Lipinski definition) is 2. The molecule has 29 heavy (non-hydrogen) atoms. The highest BCUT2D eigenvalue weighted by molar-refractivity contribution is 7.89. The zero-order valence-corrected chi connectivity index (χ0v) is 17.7. The molecule has 0 spiro atoms. The molecular weight excluding hydrogens is 394 g/mol. The van der Waals surface area contributed by atoms with E-state index in [1.807, 2.05) is 19.1 Å². The van der Waals surface area contributed by atoms with Crippen molar-refractivity contribution in [2.24, 2.45) is 0 Å². The fourth-order valence-corrected chi connectivity index (χ4v) is 3.90. The van der Waals surface area contributed by atoms with Gasteiger partial charge >= 0.3 is 0 Å². The fourth-order valence-electron chi connectivity index (χ4n) is 2.74. The molecule has 2 aromatic rings. The maximum atomic E-state index is 12.9. The molecule has 8 nitrogen and oxygen atoms in total. The summed E-state index contributed by atoms with van der Waals surface area (Å²) in [4.78, 5) is 23.7. The summed E-state index contributed by atoms with van der Waals surface area (Å²) in [6.07, 6.45) is 0.738.